The van der Waals surface area contributed by atoms with Gasteiger partial charge in [0.1, 0.15) is 0 Å². The summed E-state index contributed by atoms with van der Waals surface area (Å²) in [5.41, 5.74) is 1.17. The Morgan fingerprint density at radius 2 is 2.00 bits per heavy atom. The second kappa shape index (κ2) is 2.91. The molecule has 0 N–H and O–H groups in total. The van der Waals surface area contributed by atoms with Crippen LogP contribution in [-0.2, 0) is 0 Å². The Hall–Kier alpha value is -0.260. The molecule has 0 aromatic rings. The molecule has 0 spiro atoms. The molecule has 1 unspecified atom stereocenters. The van der Waals surface area contributed by atoms with E-state index in [1.165, 1.54) is 12.1 Å². The van der Waals surface area contributed by atoms with Gasteiger partial charge in [-0.25, -0.2) is 0 Å². The number of rotatable bonds is 2. The van der Waals surface area contributed by atoms with Crippen LogP contribution in [0.3, 0.4) is 0 Å². The van der Waals surface area contributed by atoms with Crippen LogP contribution in [0.4, 0.5) is 0 Å². The van der Waals surface area contributed by atoms with Crippen molar-refractivity contribution >= 4 is 0 Å². The van der Waals surface area contributed by atoms with Crippen LogP contribution in [0.2, 0.25) is 0 Å². The summed E-state index contributed by atoms with van der Waals surface area (Å²) < 4.78 is 6.97. The fourth-order valence-electron chi connectivity index (χ4n) is 0.526. The summed E-state index contributed by atoms with van der Waals surface area (Å²) in [5.74, 6) is 1.22. The molecule has 0 aromatic carbocycles. The van der Waals surface area contributed by atoms with Crippen molar-refractivity contribution in [3.05, 3.63) is 12.1 Å². The summed E-state index contributed by atoms with van der Waals surface area (Å²) in [4.78, 5) is 0. The maximum Gasteiger partial charge on any atom is 0.0537 e. The molecule has 0 aromatic heterocycles. The van der Waals surface area contributed by atoms with E-state index in [9.17, 15) is 0 Å². The van der Waals surface area contributed by atoms with E-state index in [2.05, 4.69) is 20.8 Å². The third-order valence-corrected chi connectivity index (χ3v) is 1.72. The first-order valence-electron chi connectivity index (χ1n) is 3.72. The number of hydrogen-bond donors (Lipinski definition) is 0. The van der Waals surface area contributed by atoms with Crippen LogP contribution in [-0.4, -0.2) is 0 Å². The Morgan fingerprint density at radius 1 is 1.50 bits per heavy atom. The average molecular weight is 114 g/mol. The van der Waals surface area contributed by atoms with Crippen molar-refractivity contribution in [1.29, 1.82) is 0 Å². The highest BCUT2D eigenvalue weighted by Gasteiger charge is 2.05. The van der Waals surface area contributed by atoms with Crippen molar-refractivity contribution in [2.75, 3.05) is 0 Å². The largest absolute Gasteiger partial charge is 0.0999 e. The highest BCUT2D eigenvalue weighted by atomic mass is 14.1. The maximum atomic E-state index is 6.97. The lowest BCUT2D eigenvalue weighted by Crippen LogP contribution is -2.03. The minimum atomic E-state index is 0.558. The predicted octanol–water partition coefficient (Wildman–Crippen LogP) is 2.85. The molecule has 0 saturated heterocycles. The summed E-state index contributed by atoms with van der Waals surface area (Å²) in [7, 11) is 0. The first kappa shape index (κ1) is 5.87. The molecule has 0 amide bonds. The van der Waals surface area contributed by atoms with E-state index in [1.54, 1.807) is 0 Å². The molecule has 8 heavy (non-hydrogen) atoms. The average Bonchev–Trinajstić information content (AvgIpc) is 1.84. The van der Waals surface area contributed by atoms with Gasteiger partial charge >= 0.3 is 0 Å². The quantitative estimate of drug-likeness (QED) is 0.484. The van der Waals surface area contributed by atoms with E-state index < -0.39 is 0 Å². The van der Waals surface area contributed by atoms with Gasteiger partial charge in [0.15, 0.2) is 0 Å². The molecule has 0 aliphatic carbocycles. The molecule has 0 heterocycles. The van der Waals surface area contributed by atoms with Gasteiger partial charge < -0.3 is 0 Å². The van der Waals surface area contributed by atoms with Crippen molar-refractivity contribution < 1.29 is 1.37 Å². The molecule has 0 nitrogen and oxygen atoms in total. The first-order valence-corrected chi connectivity index (χ1v) is 3.14. The smallest absolute Gasteiger partial charge is 0.0537 e. The zero-order valence-electron chi connectivity index (χ0n) is 7.23. The monoisotopic (exact) mass is 114 g/mol. The molecule has 0 radical (unpaired) electrons. The highest BCUT2D eigenvalue weighted by Crippen LogP contribution is 2.16. The van der Waals surface area contributed by atoms with Crippen LogP contribution < -0.4 is 0 Å². The minimum absolute atomic E-state index is 0.558. The molecule has 0 heteroatoms. The lowest BCUT2D eigenvalue weighted by molar-refractivity contribution is 0.481. The molecule has 0 aliphatic rings. The first-order chi connectivity index (χ1) is 4.09. The summed E-state index contributed by atoms with van der Waals surface area (Å²) in [6, 6.07) is 0. The molecule has 0 fully saturated rings. The fraction of sp³-hybridized carbons (Fsp3) is 0.750. The topological polar surface area (TPSA) is 0 Å². The van der Waals surface area contributed by atoms with E-state index in [4.69, 9.17) is 1.37 Å². The van der Waals surface area contributed by atoms with Crippen molar-refractivity contribution in [3.63, 3.8) is 0 Å². The SMILES string of the molecule is [3H]C=C(C)C(C)C(C)C. The standard InChI is InChI=1S/C8H16/c1-6(2)8(5)7(3)4/h7-8H,1H2,2-5H3/i1T. The summed E-state index contributed by atoms with van der Waals surface area (Å²) >= 11 is 0. The molecule has 0 aliphatic heterocycles. The van der Waals surface area contributed by atoms with E-state index >= 15 is 0 Å². The Balaban J connectivity index is 3.88. The van der Waals surface area contributed by atoms with E-state index in [0.717, 1.165) is 0 Å². The van der Waals surface area contributed by atoms with E-state index in [1.807, 2.05) is 6.92 Å². The lowest BCUT2D eigenvalue weighted by atomic mass is 9.92. The van der Waals surface area contributed by atoms with Crippen LogP contribution in [0.1, 0.15) is 29.1 Å². The second-order valence-electron chi connectivity index (χ2n) is 2.78. The van der Waals surface area contributed by atoms with Crippen LogP contribution in [0.5, 0.6) is 0 Å². The van der Waals surface area contributed by atoms with Crippen molar-refractivity contribution in [2.45, 2.75) is 27.7 Å². The van der Waals surface area contributed by atoms with Gasteiger partial charge in [0.25, 0.3) is 0 Å². The number of hydrogen-bond acceptors (Lipinski definition) is 0. The van der Waals surface area contributed by atoms with Gasteiger partial charge in [-0.1, -0.05) is 32.9 Å². The van der Waals surface area contributed by atoms with Gasteiger partial charge in [0.2, 0.25) is 0 Å². The van der Waals surface area contributed by atoms with Crippen LogP contribution in [0, 0.1) is 11.8 Å². The van der Waals surface area contributed by atoms with Crippen molar-refractivity contribution in [1.82, 2.24) is 0 Å². The zero-order chi connectivity index (χ0) is 7.44. The Labute approximate surface area is 54.0 Å². The van der Waals surface area contributed by atoms with Gasteiger partial charge in [-0.05, 0) is 18.8 Å². The minimum Gasteiger partial charge on any atom is -0.0999 e. The number of allylic oxidation sites excluding steroid dienone is 1. The molecule has 48 valence electrons. The van der Waals surface area contributed by atoms with Gasteiger partial charge in [-0.2, -0.15) is 0 Å². The van der Waals surface area contributed by atoms with Gasteiger partial charge in [-0.15, -0.1) is 0 Å². The van der Waals surface area contributed by atoms with E-state index in [-0.39, 0.29) is 0 Å². The van der Waals surface area contributed by atoms with Gasteiger partial charge in [-0.3, -0.25) is 0 Å². The highest BCUT2D eigenvalue weighted by molar-refractivity contribution is 4.94. The van der Waals surface area contributed by atoms with E-state index in [0.29, 0.717) is 11.8 Å². The Kier molecular flexibility index (Phi) is 2.13. The Bertz CT molecular complexity index is 103. The summed E-state index contributed by atoms with van der Waals surface area (Å²) in [5, 5.41) is 0. The molecule has 0 bridgehead atoms. The predicted molar refractivity (Wildman–Crippen MR) is 38.8 cm³/mol. The van der Waals surface area contributed by atoms with Gasteiger partial charge in [0.05, 0.1) is 1.37 Å². The molecule has 0 saturated carbocycles. The Morgan fingerprint density at radius 3 is 2.12 bits per heavy atom. The van der Waals surface area contributed by atoms with Crippen molar-refractivity contribution in [2.24, 2.45) is 11.8 Å². The normalized spacial score (nSPS) is 18.6. The summed E-state index contributed by atoms with van der Waals surface area (Å²) in [6.07, 6.45) is 0. The van der Waals surface area contributed by atoms with Crippen LogP contribution in [0.25, 0.3) is 0 Å². The second-order valence-corrected chi connectivity index (χ2v) is 2.78. The molecule has 1 atom stereocenters. The third-order valence-electron chi connectivity index (χ3n) is 1.72. The molecular formula is C8H16. The fourth-order valence-corrected chi connectivity index (χ4v) is 0.526. The maximum absolute atomic E-state index is 6.97. The summed E-state index contributed by atoms with van der Waals surface area (Å²) in [6.45, 7) is 9.97. The zero-order valence-corrected chi connectivity index (χ0v) is 6.23. The lowest BCUT2D eigenvalue weighted by Gasteiger charge is -2.13. The van der Waals surface area contributed by atoms with Crippen molar-refractivity contribution in [3.8, 4) is 0 Å². The molecule has 0 rings (SSSR count). The van der Waals surface area contributed by atoms with Crippen LogP contribution in [0.15, 0.2) is 12.1 Å². The van der Waals surface area contributed by atoms with Crippen LogP contribution >= 0.6 is 0 Å². The third kappa shape index (κ3) is 2.15. The van der Waals surface area contributed by atoms with Gasteiger partial charge in [0, 0.05) is 0 Å². The molecular weight excluding hydrogens is 96.1 g/mol.